The Bertz CT molecular complexity index is 742. The summed E-state index contributed by atoms with van der Waals surface area (Å²) in [5.74, 6) is 0.642. The van der Waals surface area contributed by atoms with Crippen molar-refractivity contribution in [3.05, 3.63) is 51.6 Å². The van der Waals surface area contributed by atoms with E-state index in [4.69, 9.17) is 0 Å². The highest BCUT2D eigenvalue weighted by molar-refractivity contribution is 7.16. The molecule has 0 saturated carbocycles. The zero-order valence-electron chi connectivity index (χ0n) is 9.23. The molecule has 0 amide bonds. The zero-order valence-corrected chi connectivity index (χ0v) is 10.0. The topological polar surface area (TPSA) is 45.8 Å². The van der Waals surface area contributed by atoms with E-state index < -0.39 is 0 Å². The number of aromatic nitrogens is 2. The SMILES string of the molecule is Cc1ccccc1-c1nc2sccc2c(=O)[nH]1. The molecule has 2 aromatic heterocycles. The number of aryl methyl sites for hydroxylation is 1. The molecule has 17 heavy (non-hydrogen) atoms. The number of thiophene rings is 1. The fraction of sp³-hybridized carbons (Fsp3) is 0.0769. The van der Waals surface area contributed by atoms with Gasteiger partial charge in [0, 0.05) is 5.56 Å². The summed E-state index contributed by atoms with van der Waals surface area (Å²) in [7, 11) is 0. The van der Waals surface area contributed by atoms with E-state index in [1.165, 1.54) is 11.3 Å². The smallest absolute Gasteiger partial charge is 0.259 e. The number of fused-ring (bicyclic) bond motifs is 1. The van der Waals surface area contributed by atoms with Crippen molar-refractivity contribution >= 4 is 21.6 Å². The van der Waals surface area contributed by atoms with Crippen molar-refractivity contribution in [3.8, 4) is 11.4 Å². The van der Waals surface area contributed by atoms with Crippen LogP contribution in [0.1, 0.15) is 5.56 Å². The Hall–Kier alpha value is -1.94. The van der Waals surface area contributed by atoms with Crippen LogP contribution in [0.2, 0.25) is 0 Å². The van der Waals surface area contributed by atoms with Gasteiger partial charge in [-0.25, -0.2) is 4.98 Å². The third-order valence-electron chi connectivity index (χ3n) is 2.73. The van der Waals surface area contributed by atoms with Crippen LogP contribution in [0.4, 0.5) is 0 Å². The highest BCUT2D eigenvalue weighted by atomic mass is 32.1. The van der Waals surface area contributed by atoms with Gasteiger partial charge < -0.3 is 4.98 Å². The summed E-state index contributed by atoms with van der Waals surface area (Å²) in [5.41, 5.74) is 2.00. The van der Waals surface area contributed by atoms with E-state index in [9.17, 15) is 4.79 Å². The lowest BCUT2D eigenvalue weighted by atomic mass is 10.1. The number of H-pyrrole nitrogens is 1. The van der Waals surface area contributed by atoms with Gasteiger partial charge in [0.2, 0.25) is 0 Å². The van der Waals surface area contributed by atoms with Crippen LogP contribution in [-0.4, -0.2) is 9.97 Å². The summed E-state index contributed by atoms with van der Waals surface area (Å²) >= 11 is 1.49. The number of aromatic amines is 1. The van der Waals surface area contributed by atoms with Gasteiger partial charge in [-0.3, -0.25) is 4.79 Å². The molecule has 0 fully saturated rings. The summed E-state index contributed by atoms with van der Waals surface area (Å²) in [5, 5.41) is 2.54. The van der Waals surface area contributed by atoms with Gasteiger partial charge in [-0.2, -0.15) is 0 Å². The van der Waals surface area contributed by atoms with Crippen molar-refractivity contribution in [2.24, 2.45) is 0 Å². The van der Waals surface area contributed by atoms with Crippen LogP contribution >= 0.6 is 11.3 Å². The molecule has 3 aromatic rings. The van der Waals surface area contributed by atoms with Crippen LogP contribution < -0.4 is 5.56 Å². The molecule has 0 bridgehead atoms. The van der Waals surface area contributed by atoms with E-state index in [0.717, 1.165) is 16.0 Å². The Morgan fingerprint density at radius 2 is 2.06 bits per heavy atom. The van der Waals surface area contributed by atoms with E-state index in [2.05, 4.69) is 9.97 Å². The molecule has 0 aliphatic heterocycles. The second-order valence-corrected chi connectivity index (χ2v) is 4.76. The largest absolute Gasteiger partial charge is 0.306 e. The van der Waals surface area contributed by atoms with Gasteiger partial charge in [0.25, 0.3) is 5.56 Å². The summed E-state index contributed by atoms with van der Waals surface area (Å²) in [4.78, 5) is 20.0. The summed E-state index contributed by atoms with van der Waals surface area (Å²) in [6.07, 6.45) is 0. The van der Waals surface area contributed by atoms with Crippen LogP contribution in [0.15, 0.2) is 40.5 Å². The Labute approximate surface area is 102 Å². The lowest BCUT2D eigenvalue weighted by Gasteiger charge is -2.04. The molecule has 1 N–H and O–H groups in total. The predicted octanol–water partition coefficient (Wildman–Crippen LogP) is 2.96. The first-order chi connectivity index (χ1) is 8.25. The van der Waals surface area contributed by atoms with E-state index in [0.29, 0.717) is 11.2 Å². The fourth-order valence-corrected chi connectivity index (χ4v) is 2.60. The molecule has 2 heterocycles. The Kier molecular flexibility index (Phi) is 2.30. The molecular formula is C13H10N2OS. The minimum Gasteiger partial charge on any atom is -0.306 e. The maximum absolute atomic E-state index is 11.9. The van der Waals surface area contributed by atoms with Gasteiger partial charge in [0.05, 0.1) is 5.39 Å². The van der Waals surface area contributed by atoms with E-state index in [1.807, 2.05) is 36.6 Å². The molecule has 4 heteroatoms. The van der Waals surface area contributed by atoms with Crippen LogP contribution in [-0.2, 0) is 0 Å². The summed E-state index contributed by atoms with van der Waals surface area (Å²) in [6, 6.07) is 9.69. The maximum atomic E-state index is 11.9. The van der Waals surface area contributed by atoms with Crippen LogP contribution in [0.5, 0.6) is 0 Å². The first kappa shape index (κ1) is 10.2. The summed E-state index contributed by atoms with van der Waals surface area (Å²) in [6.45, 7) is 2.01. The minimum atomic E-state index is -0.0745. The molecule has 0 spiro atoms. The Morgan fingerprint density at radius 1 is 1.24 bits per heavy atom. The van der Waals surface area contributed by atoms with E-state index >= 15 is 0 Å². The van der Waals surface area contributed by atoms with Crippen molar-refractivity contribution in [2.45, 2.75) is 6.92 Å². The molecule has 0 aliphatic carbocycles. The average molecular weight is 242 g/mol. The van der Waals surface area contributed by atoms with Gasteiger partial charge in [-0.05, 0) is 23.9 Å². The monoisotopic (exact) mass is 242 g/mol. The second-order valence-electron chi connectivity index (χ2n) is 3.87. The zero-order chi connectivity index (χ0) is 11.8. The Morgan fingerprint density at radius 3 is 2.88 bits per heavy atom. The minimum absolute atomic E-state index is 0.0745. The normalized spacial score (nSPS) is 10.9. The van der Waals surface area contributed by atoms with Gasteiger partial charge in [-0.1, -0.05) is 24.3 Å². The van der Waals surface area contributed by atoms with Crippen molar-refractivity contribution in [1.29, 1.82) is 0 Å². The number of hydrogen-bond donors (Lipinski definition) is 1. The molecule has 3 rings (SSSR count). The highest BCUT2D eigenvalue weighted by Gasteiger charge is 2.07. The van der Waals surface area contributed by atoms with Crippen molar-refractivity contribution in [1.82, 2.24) is 9.97 Å². The lowest BCUT2D eigenvalue weighted by Crippen LogP contribution is -2.08. The van der Waals surface area contributed by atoms with Crippen LogP contribution in [0.25, 0.3) is 21.6 Å². The molecule has 0 atom stereocenters. The van der Waals surface area contributed by atoms with Crippen molar-refractivity contribution in [2.75, 3.05) is 0 Å². The first-order valence-corrected chi connectivity index (χ1v) is 6.17. The fourth-order valence-electron chi connectivity index (χ4n) is 1.83. The number of hydrogen-bond acceptors (Lipinski definition) is 3. The van der Waals surface area contributed by atoms with E-state index in [1.54, 1.807) is 6.07 Å². The lowest BCUT2D eigenvalue weighted by molar-refractivity contribution is 1.18. The predicted molar refractivity (Wildman–Crippen MR) is 70.4 cm³/mol. The third-order valence-corrected chi connectivity index (χ3v) is 3.54. The molecule has 0 radical (unpaired) electrons. The van der Waals surface area contributed by atoms with Gasteiger partial charge in [-0.15, -0.1) is 11.3 Å². The van der Waals surface area contributed by atoms with Crippen molar-refractivity contribution in [3.63, 3.8) is 0 Å². The second kappa shape index (κ2) is 3.82. The first-order valence-electron chi connectivity index (χ1n) is 5.29. The van der Waals surface area contributed by atoms with Crippen molar-refractivity contribution < 1.29 is 0 Å². The molecule has 0 aliphatic rings. The highest BCUT2D eigenvalue weighted by Crippen LogP contribution is 2.21. The third kappa shape index (κ3) is 1.66. The van der Waals surface area contributed by atoms with Gasteiger partial charge in [0.15, 0.2) is 0 Å². The molecule has 3 nitrogen and oxygen atoms in total. The standard InChI is InChI=1S/C13H10N2OS/c1-8-4-2-3-5-9(8)11-14-12(16)10-6-7-17-13(10)15-11/h2-7H,1H3,(H,14,15,16). The van der Waals surface area contributed by atoms with Gasteiger partial charge >= 0.3 is 0 Å². The summed E-state index contributed by atoms with van der Waals surface area (Å²) < 4.78 is 0. The molecule has 0 saturated heterocycles. The molecule has 1 aromatic carbocycles. The number of benzene rings is 1. The van der Waals surface area contributed by atoms with E-state index in [-0.39, 0.29) is 5.56 Å². The molecule has 84 valence electrons. The number of rotatable bonds is 1. The Balaban J connectivity index is 2.32. The van der Waals surface area contributed by atoms with Gasteiger partial charge in [0.1, 0.15) is 10.7 Å². The number of nitrogens with one attached hydrogen (secondary N) is 1. The average Bonchev–Trinajstić information content (AvgIpc) is 2.78. The quantitative estimate of drug-likeness (QED) is 0.713. The maximum Gasteiger partial charge on any atom is 0.259 e. The van der Waals surface area contributed by atoms with Crippen LogP contribution in [0, 0.1) is 6.92 Å². The van der Waals surface area contributed by atoms with Crippen LogP contribution in [0.3, 0.4) is 0 Å². The number of nitrogens with zero attached hydrogens (tertiary/aromatic N) is 1. The molecule has 0 unspecified atom stereocenters. The molecular weight excluding hydrogens is 232 g/mol.